The van der Waals surface area contributed by atoms with Crippen molar-refractivity contribution in [3.63, 3.8) is 0 Å². The van der Waals surface area contributed by atoms with Crippen LogP contribution in [0.2, 0.25) is 0 Å². The molecule has 0 N–H and O–H groups in total. The van der Waals surface area contributed by atoms with Crippen LogP contribution in [0.1, 0.15) is 59.9 Å². The molecule has 0 aliphatic heterocycles. The molecule has 1 heterocycles. The Morgan fingerprint density at radius 2 is 1.96 bits per heavy atom. The van der Waals surface area contributed by atoms with Gasteiger partial charge in [-0.25, -0.2) is 4.68 Å². The quantitative estimate of drug-likeness (QED) is 0.809. The lowest BCUT2D eigenvalue weighted by molar-refractivity contribution is -0.139. The largest absolute Gasteiger partial charge is 0.469 e. The second kappa shape index (κ2) is 6.59. The number of ketones is 1. The van der Waals surface area contributed by atoms with Gasteiger partial charge < -0.3 is 4.74 Å². The summed E-state index contributed by atoms with van der Waals surface area (Å²) in [5.41, 5.74) is 4.52. The zero-order valence-corrected chi connectivity index (χ0v) is 14.3. The number of aromatic nitrogens is 2. The van der Waals surface area contributed by atoms with Gasteiger partial charge >= 0.3 is 5.97 Å². The van der Waals surface area contributed by atoms with Crippen LogP contribution in [-0.4, -0.2) is 28.6 Å². The summed E-state index contributed by atoms with van der Waals surface area (Å²) in [6, 6.07) is 7.68. The standard InChI is InChI=1S/C19H22N2O3/c1-12(2)19-18-15(5-4-6-16(18)22)21(20-19)14-9-7-13(8-10-14)11-17(23)24-3/h7-10,12H,4-6,11H2,1-3H3. The van der Waals surface area contributed by atoms with E-state index in [2.05, 4.69) is 13.8 Å². The van der Waals surface area contributed by atoms with Crippen molar-refractivity contribution in [2.75, 3.05) is 7.11 Å². The number of rotatable bonds is 4. The maximum Gasteiger partial charge on any atom is 0.309 e. The van der Waals surface area contributed by atoms with Crippen LogP contribution in [0, 0.1) is 0 Å². The summed E-state index contributed by atoms with van der Waals surface area (Å²) in [4.78, 5) is 23.7. The Morgan fingerprint density at radius 3 is 2.58 bits per heavy atom. The molecule has 5 heteroatoms. The van der Waals surface area contributed by atoms with Gasteiger partial charge in [0, 0.05) is 6.42 Å². The molecule has 0 atom stereocenters. The van der Waals surface area contributed by atoms with E-state index in [9.17, 15) is 9.59 Å². The van der Waals surface area contributed by atoms with E-state index in [1.165, 1.54) is 7.11 Å². The van der Waals surface area contributed by atoms with E-state index in [0.29, 0.717) is 6.42 Å². The number of Topliss-reactive ketones (excluding diaryl/α,β-unsaturated/α-hetero) is 1. The van der Waals surface area contributed by atoms with Gasteiger partial charge in [-0.15, -0.1) is 0 Å². The molecular formula is C19H22N2O3. The van der Waals surface area contributed by atoms with Crippen LogP contribution in [0.4, 0.5) is 0 Å². The number of carbonyl (C=O) groups excluding carboxylic acids is 2. The van der Waals surface area contributed by atoms with Gasteiger partial charge in [-0.05, 0) is 36.5 Å². The molecule has 0 bridgehead atoms. The van der Waals surface area contributed by atoms with Gasteiger partial charge in [-0.1, -0.05) is 26.0 Å². The van der Waals surface area contributed by atoms with Crippen molar-refractivity contribution < 1.29 is 14.3 Å². The topological polar surface area (TPSA) is 61.2 Å². The molecule has 0 spiro atoms. The average Bonchev–Trinajstić information content (AvgIpc) is 2.97. The molecule has 1 aliphatic rings. The summed E-state index contributed by atoms with van der Waals surface area (Å²) < 4.78 is 6.58. The minimum Gasteiger partial charge on any atom is -0.469 e. The first kappa shape index (κ1) is 16.4. The van der Waals surface area contributed by atoms with Crippen LogP contribution in [-0.2, 0) is 22.4 Å². The van der Waals surface area contributed by atoms with Crippen LogP contribution in [0.3, 0.4) is 0 Å². The van der Waals surface area contributed by atoms with E-state index in [1.54, 1.807) is 0 Å². The van der Waals surface area contributed by atoms with Crippen LogP contribution >= 0.6 is 0 Å². The summed E-state index contributed by atoms with van der Waals surface area (Å²) in [5.74, 6) is 0.154. The molecule has 3 rings (SSSR count). The summed E-state index contributed by atoms with van der Waals surface area (Å²) in [6.45, 7) is 4.13. The van der Waals surface area contributed by atoms with Gasteiger partial charge in [0.25, 0.3) is 0 Å². The molecule has 2 aromatic rings. The first-order chi connectivity index (χ1) is 11.5. The van der Waals surface area contributed by atoms with Gasteiger partial charge in [0.05, 0.1) is 36.2 Å². The van der Waals surface area contributed by atoms with E-state index >= 15 is 0 Å². The molecule has 0 fully saturated rings. The van der Waals surface area contributed by atoms with E-state index < -0.39 is 0 Å². The maximum absolute atomic E-state index is 12.4. The van der Waals surface area contributed by atoms with Crippen LogP contribution in [0.25, 0.3) is 5.69 Å². The van der Waals surface area contributed by atoms with Gasteiger partial charge in [0.2, 0.25) is 0 Å². The van der Waals surface area contributed by atoms with E-state index in [0.717, 1.165) is 41.0 Å². The van der Waals surface area contributed by atoms with Gasteiger partial charge in [-0.2, -0.15) is 5.10 Å². The Hall–Kier alpha value is -2.43. The predicted octanol–water partition coefficient (Wildman–Crippen LogP) is 3.23. The molecule has 1 aromatic carbocycles. The van der Waals surface area contributed by atoms with Crippen molar-refractivity contribution in [1.82, 2.24) is 9.78 Å². The number of benzene rings is 1. The lowest BCUT2D eigenvalue weighted by atomic mass is 9.91. The fourth-order valence-corrected chi connectivity index (χ4v) is 3.16. The molecule has 0 saturated carbocycles. The molecule has 0 amide bonds. The Morgan fingerprint density at radius 1 is 1.25 bits per heavy atom. The zero-order chi connectivity index (χ0) is 17.3. The summed E-state index contributed by atoms with van der Waals surface area (Å²) in [6.07, 6.45) is 2.60. The second-order valence-electron chi connectivity index (χ2n) is 6.47. The normalized spacial score (nSPS) is 13.9. The van der Waals surface area contributed by atoms with E-state index in [-0.39, 0.29) is 24.1 Å². The number of ether oxygens (including phenoxy) is 1. The van der Waals surface area contributed by atoms with Gasteiger partial charge in [-0.3, -0.25) is 9.59 Å². The summed E-state index contributed by atoms with van der Waals surface area (Å²) in [5, 5.41) is 4.72. The molecular weight excluding hydrogens is 304 g/mol. The minimum atomic E-state index is -0.257. The number of hydrogen-bond acceptors (Lipinski definition) is 4. The van der Waals surface area contributed by atoms with Gasteiger partial charge in [0.1, 0.15) is 0 Å². The molecule has 1 aromatic heterocycles. The molecule has 1 aliphatic carbocycles. The third kappa shape index (κ3) is 2.98. The third-order valence-corrected chi connectivity index (χ3v) is 4.41. The lowest BCUT2D eigenvalue weighted by Crippen LogP contribution is -2.13. The van der Waals surface area contributed by atoms with E-state index in [4.69, 9.17) is 9.84 Å². The SMILES string of the molecule is COC(=O)Cc1ccc(-n2nc(C(C)C)c3c2CCCC3=O)cc1. The summed E-state index contributed by atoms with van der Waals surface area (Å²) >= 11 is 0. The first-order valence-electron chi connectivity index (χ1n) is 8.32. The second-order valence-corrected chi connectivity index (χ2v) is 6.47. The molecule has 24 heavy (non-hydrogen) atoms. The molecule has 0 saturated heterocycles. The molecule has 5 nitrogen and oxygen atoms in total. The number of nitrogens with zero attached hydrogens (tertiary/aromatic N) is 2. The van der Waals surface area contributed by atoms with Gasteiger partial charge in [0.15, 0.2) is 5.78 Å². The van der Waals surface area contributed by atoms with Crippen LogP contribution in [0.15, 0.2) is 24.3 Å². The Balaban J connectivity index is 1.99. The zero-order valence-electron chi connectivity index (χ0n) is 14.3. The fourth-order valence-electron chi connectivity index (χ4n) is 3.16. The Kier molecular flexibility index (Phi) is 4.51. The number of methoxy groups -OCH3 is 1. The van der Waals surface area contributed by atoms with Crippen molar-refractivity contribution in [2.45, 2.75) is 45.4 Å². The van der Waals surface area contributed by atoms with E-state index in [1.807, 2.05) is 28.9 Å². The number of esters is 1. The fraction of sp³-hybridized carbons (Fsp3) is 0.421. The Bertz CT molecular complexity index is 773. The van der Waals surface area contributed by atoms with Crippen molar-refractivity contribution in [3.05, 3.63) is 46.8 Å². The molecule has 0 radical (unpaired) electrons. The summed E-state index contributed by atoms with van der Waals surface area (Å²) in [7, 11) is 1.39. The number of hydrogen-bond donors (Lipinski definition) is 0. The molecule has 0 unspecified atom stereocenters. The number of carbonyl (C=O) groups is 2. The number of fused-ring (bicyclic) bond motifs is 1. The Labute approximate surface area is 141 Å². The lowest BCUT2D eigenvalue weighted by Gasteiger charge is -2.14. The monoisotopic (exact) mass is 326 g/mol. The first-order valence-corrected chi connectivity index (χ1v) is 8.32. The highest BCUT2D eigenvalue weighted by Gasteiger charge is 2.28. The third-order valence-electron chi connectivity index (χ3n) is 4.41. The van der Waals surface area contributed by atoms with Crippen molar-refractivity contribution in [3.8, 4) is 5.69 Å². The highest BCUT2D eigenvalue weighted by molar-refractivity contribution is 5.99. The smallest absolute Gasteiger partial charge is 0.309 e. The average molecular weight is 326 g/mol. The van der Waals surface area contributed by atoms with Crippen molar-refractivity contribution in [2.24, 2.45) is 0 Å². The highest BCUT2D eigenvalue weighted by atomic mass is 16.5. The maximum atomic E-state index is 12.4. The predicted molar refractivity (Wildman–Crippen MR) is 90.6 cm³/mol. The highest BCUT2D eigenvalue weighted by Crippen LogP contribution is 2.30. The van der Waals surface area contributed by atoms with Crippen molar-refractivity contribution in [1.29, 1.82) is 0 Å². The molecule has 126 valence electrons. The minimum absolute atomic E-state index is 0.202. The van der Waals surface area contributed by atoms with Crippen LogP contribution in [0.5, 0.6) is 0 Å². The van der Waals surface area contributed by atoms with Crippen molar-refractivity contribution >= 4 is 11.8 Å². The van der Waals surface area contributed by atoms with Crippen LogP contribution < -0.4 is 0 Å².